The number of benzene rings is 2. The second-order valence-corrected chi connectivity index (χ2v) is 5.05. The number of ether oxygens (including phenoxy) is 1. The highest BCUT2D eigenvalue weighted by molar-refractivity contribution is 5.99. The number of anilines is 1. The summed E-state index contributed by atoms with van der Waals surface area (Å²) in [7, 11) is 0. The second-order valence-electron chi connectivity index (χ2n) is 5.05. The molecule has 2 aromatic carbocycles. The van der Waals surface area contributed by atoms with Crippen LogP contribution < -0.4 is 10.1 Å². The lowest BCUT2D eigenvalue weighted by atomic mass is 10.1. The van der Waals surface area contributed by atoms with Gasteiger partial charge in [0.1, 0.15) is 11.6 Å². The van der Waals surface area contributed by atoms with Crippen molar-refractivity contribution in [3.05, 3.63) is 59.9 Å². The minimum Gasteiger partial charge on any atom is -0.406 e. The first-order valence-corrected chi connectivity index (χ1v) is 7.17. The van der Waals surface area contributed by atoms with Gasteiger partial charge in [-0.3, -0.25) is 9.59 Å². The Morgan fingerprint density at radius 3 is 2.08 bits per heavy atom. The summed E-state index contributed by atoms with van der Waals surface area (Å²) >= 11 is 0. The van der Waals surface area contributed by atoms with Gasteiger partial charge in [-0.2, -0.15) is 0 Å². The van der Waals surface area contributed by atoms with E-state index >= 15 is 0 Å². The maximum absolute atomic E-state index is 12.8. The topological polar surface area (TPSA) is 55.4 Å². The third-order valence-electron chi connectivity index (χ3n) is 3.12. The molecule has 0 saturated heterocycles. The first kappa shape index (κ1) is 18.4. The van der Waals surface area contributed by atoms with E-state index in [4.69, 9.17) is 0 Å². The molecule has 1 amide bonds. The Morgan fingerprint density at radius 1 is 0.920 bits per heavy atom. The van der Waals surface area contributed by atoms with Crippen LogP contribution in [0.15, 0.2) is 48.5 Å². The summed E-state index contributed by atoms with van der Waals surface area (Å²) in [6.07, 6.45) is -4.98. The van der Waals surface area contributed by atoms with Gasteiger partial charge in [0.15, 0.2) is 5.78 Å². The quantitative estimate of drug-likeness (QED) is 0.620. The summed E-state index contributed by atoms with van der Waals surface area (Å²) in [6.45, 7) is 0. The fourth-order valence-corrected chi connectivity index (χ4v) is 1.97. The van der Waals surface area contributed by atoms with Crippen molar-refractivity contribution in [2.24, 2.45) is 0 Å². The molecule has 0 spiro atoms. The summed E-state index contributed by atoms with van der Waals surface area (Å²) in [5, 5.41) is 2.46. The van der Waals surface area contributed by atoms with Crippen molar-refractivity contribution in [2.75, 3.05) is 5.32 Å². The van der Waals surface area contributed by atoms with E-state index in [2.05, 4.69) is 10.1 Å². The zero-order valence-corrected chi connectivity index (χ0v) is 12.8. The summed E-state index contributed by atoms with van der Waals surface area (Å²) in [6, 6.07) is 9.58. The highest BCUT2D eigenvalue weighted by Crippen LogP contribution is 2.24. The molecule has 0 aliphatic heterocycles. The zero-order valence-electron chi connectivity index (χ0n) is 12.8. The lowest BCUT2D eigenvalue weighted by Gasteiger charge is -2.10. The highest BCUT2D eigenvalue weighted by atomic mass is 19.4. The number of Topliss-reactive ketones (excluding diaryl/α,β-unsaturated/α-hetero) is 1. The average Bonchev–Trinajstić information content (AvgIpc) is 2.54. The first-order chi connectivity index (χ1) is 11.7. The standard InChI is InChI=1S/C17H13F4NO3/c18-12-3-1-11(2-4-12)15(23)9-10-16(24)22-13-5-7-14(8-6-13)25-17(19,20)21/h1-8H,9-10H2,(H,22,24). The minimum absolute atomic E-state index is 0.0767. The minimum atomic E-state index is -4.79. The maximum Gasteiger partial charge on any atom is 0.573 e. The summed E-state index contributed by atoms with van der Waals surface area (Å²) in [5.41, 5.74) is 0.566. The molecule has 0 unspecified atom stereocenters. The molecule has 8 heteroatoms. The molecule has 0 aliphatic carbocycles. The second kappa shape index (κ2) is 7.78. The molecule has 132 valence electrons. The summed E-state index contributed by atoms with van der Waals surface area (Å²) in [4.78, 5) is 23.6. The van der Waals surface area contributed by atoms with E-state index < -0.39 is 23.8 Å². The Balaban J connectivity index is 1.83. The van der Waals surface area contributed by atoms with Gasteiger partial charge in [-0.25, -0.2) is 4.39 Å². The number of hydrogen-bond acceptors (Lipinski definition) is 3. The molecule has 0 aromatic heterocycles. The number of alkyl halides is 3. The average molecular weight is 355 g/mol. The van der Waals surface area contributed by atoms with Crippen LogP contribution in [-0.2, 0) is 4.79 Å². The predicted molar refractivity (Wildman–Crippen MR) is 81.7 cm³/mol. The van der Waals surface area contributed by atoms with Gasteiger partial charge < -0.3 is 10.1 Å². The van der Waals surface area contributed by atoms with Crippen LogP contribution in [0.2, 0.25) is 0 Å². The highest BCUT2D eigenvalue weighted by Gasteiger charge is 2.30. The number of ketones is 1. The Bertz CT molecular complexity index is 740. The predicted octanol–water partition coefficient (Wildman–Crippen LogP) is 4.33. The van der Waals surface area contributed by atoms with Gasteiger partial charge in [0.2, 0.25) is 5.91 Å². The van der Waals surface area contributed by atoms with E-state index in [1.165, 1.54) is 24.3 Å². The van der Waals surface area contributed by atoms with Crippen LogP contribution in [0.3, 0.4) is 0 Å². The van der Waals surface area contributed by atoms with Crippen LogP contribution in [0.4, 0.5) is 23.2 Å². The molecule has 2 aromatic rings. The Morgan fingerprint density at radius 2 is 1.52 bits per heavy atom. The Labute approximate surface area is 140 Å². The molecule has 2 rings (SSSR count). The third kappa shape index (κ3) is 6.25. The van der Waals surface area contributed by atoms with Crippen molar-refractivity contribution in [3.63, 3.8) is 0 Å². The molecule has 0 saturated carbocycles. The monoisotopic (exact) mass is 355 g/mol. The van der Waals surface area contributed by atoms with Gasteiger partial charge in [-0.05, 0) is 48.5 Å². The number of carbonyl (C=O) groups is 2. The lowest BCUT2D eigenvalue weighted by molar-refractivity contribution is -0.274. The van der Waals surface area contributed by atoms with Crippen molar-refractivity contribution in [2.45, 2.75) is 19.2 Å². The van der Waals surface area contributed by atoms with Crippen molar-refractivity contribution < 1.29 is 31.9 Å². The SMILES string of the molecule is O=C(CCC(=O)c1ccc(F)cc1)Nc1ccc(OC(F)(F)F)cc1. The fourth-order valence-electron chi connectivity index (χ4n) is 1.97. The van der Waals surface area contributed by atoms with Gasteiger partial charge in [-0.15, -0.1) is 13.2 Å². The number of halogens is 4. The Kier molecular flexibility index (Phi) is 5.74. The van der Waals surface area contributed by atoms with Crippen LogP contribution >= 0.6 is 0 Å². The van der Waals surface area contributed by atoms with Gasteiger partial charge in [0.05, 0.1) is 0 Å². The van der Waals surface area contributed by atoms with E-state index in [9.17, 15) is 27.2 Å². The number of amides is 1. The molecule has 25 heavy (non-hydrogen) atoms. The van der Waals surface area contributed by atoms with Gasteiger partial charge in [-0.1, -0.05) is 0 Å². The van der Waals surface area contributed by atoms with Gasteiger partial charge in [0, 0.05) is 24.1 Å². The molecule has 0 fully saturated rings. The van der Waals surface area contributed by atoms with E-state index in [1.807, 2.05) is 0 Å². The first-order valence-electron chi connectivity index (χ1n) is 7.17. The van der Waals surface area contributed by atoms with Crippen molar-refractivity contribution in [1.82, 2.24) is 0 Å². The molecule has 0 heterocycles. The molecule has 0 radical (unpaired) electrons. The molecule has 0 atom stereocenters. The van der Waals surface area contributed by atoms with Crippen LogP contribution in [0, 0.1) is 5.82 Å². The lowest BCUT2D eigenvalue weighted by Crippen LogP contribution is -2.17. The smallest absolute Gasteiger partial charge is 0.406 e. The van der Waals surface area contributed by atoms with Crippen molar-refractivity contribution in [1.29, 1.82) is 0 Å². The Hall–Kier alpha value is -2.90. The summed E-state index contributed by atoms with van der Waals surface area (Å²) in [5.74, 6) is -1.66. The van der Waals surface area contributed by atoms with E-state index in [-0.39, 0.29) is 24.3 Å². The van der Waals surface area contributed by atoms with Crippen molar-refractivity contribution >= 4 is 17.4 Å². The van der Waals surface area contributed by atoms with Gasteiger partial charge >= 0.3 is 6.36 Å². The van der Waals surface area contributed by atoms with E-state index in [0.717, 1.165) is 24.3 Å². The van der Waals surface area contributed by atoms with Crippen molar-refractivity contribution in [3.8, 4) is 5.75 Å². The van der Waals surface area contributed by atoms with Crippen LogP contribution in [0.1, 0.15) is 23.2 Å². The van der Waals surface area contributed by atoms with Crippen LogP contribution in [0.25, 0.3) is 0 Å². The molecule has 1 N–H and O–H groups in total. The molecular formula is C17H13F4NO3. The molecule has 0 bridgehead atoms. The zero-order chi connectivity index (χ0) is 18.4. The van der Waals surface area contributed by atoms with Crippen LogP contribution in [-0.4, -0.2) is 18.1 Å². The molecule has 0 aliphatic rings. The normalized spacial score (nSPS) is 11.0. The van der Waals surface area contributed by atoms with E-state index in [0.29, 0.717) is 5.56 Å². The third-order valence-corrected chi connectivity index (χ3v) is 3.12. The van der Waals surface area contributed by atoms with E-state index in [1.54, 1.807) is 0 Å². The maximum atomic E-state index is 12.8. The van der Waals surface area contributed by atoms with Gasteiger partial charge in [0.25, 0.3) is 0 Å². The molecular weight excluding hydrogens is 342 g/mol. The molecule has 4 nitrogen and oxygen atoms in total. The number of carbonyl (C=O) groups excluding carboxylic acids is 2. The fraction of sp³-hybridized carbons (Fsp3) is 0.176. The van der Waals surface area contributed by atoms with Crippen LogP contribution in [0.5, 0.6) is 5.75 Å². The summed E-state index contributed by atoms with van der Waals surface area (Å²) < 4.78 is 52.6. The number of rotatable bonds is 6. The number of hydrogen-bond donors (Lipinski definition) is 1. The number of nitrogens with one attached hydrogen (secondary N) is 1. The largest absolute Gasteiger partial charge is 0.573 e.